The number of fused-ring (bicyclic) bond motifs is 1. The smallest absolute Gasteiger partial charge is 0.254 e. The van der Waals surface area contributed by atoms with Gasteiger partial charge in [-0.15, -0.1) is 0 Å². The van der Waals surface area contributed by atoms with E-state index in [4.69, 9.17) is 9.47 Å². The second kappa shape index (κ2) is 7.30. The first-order valence-corrected chi connectivity index (χ1v) is 8.76. The Bertz CT molecular complexity index is 637. The molecule has 1 aromatic rings. The summed E-state index contributed by atoms with van der Waals surface area (Å²) >= 11 is 0. The number of ether oxygens (including phenoxy) is 2. The number of hydrogen-bond donors (Lipinski definition) is 0. The first-order valence-electron chi connectivity index (χ1n) is 8.76. The molecule has 2 aliphatic rings. The predicted molar refractivity (Wildman–Crippen MR) is 93.3 cm³/mol. The second-order valence-corrected chi connectivity index (χ2v) is 7.36. The Morgan fingerprint density at radius 3 is 2.48 bits per heavy atom. The Kier molecular flexibility index (Phi) is 5.29. The molecular weight excluding hydrogens is 323 g/mol. The van der Waals surface area contributed by atoms with Crippen molar-refractivity contribution in [1.29, 1.82) is 0 Å². The number of carbonyl (C=O) groups excluding carboxylic acids is 1. The van der Waals surface area contributed by atoms with Crippen LogP contribution in [0.25, 0.3) is 0 Å². The zero-order valence-electron chi connectivity index (χ0n) is 15.4. The first-order chi connectivity index (χ1) is 11.9. The van der Waals surface area contributed by atoms with Crippen molar-refractivity contribution in [3.05, 3.63) is 29.6 Å². The SMILES string of the molecule is COc1cc(C(=O)N2C[C@H]3C[C@@H](N(C)C)[C@H](OC)C[C@H]3C2)ccc1F. The van der Waals surface area contributed by atoms with E-state index < -0.39 is 5.82 Å². The maximum absolute atomic E-state index is 13.6. The summed E-state index contributed by atoms with van der Waals surface area (Å²) in [5.74, 6) is 0.557. The number of amides is 1. The topological polar surface area (TPSA) is 42.0 Å². The fourth-order valence-electron chi connectivity index (χ4n) is 4.33. The third kappa shape index (κ3) is 3.51. The highest BCUT2D eigenvalue weighted by Gasteiger charge is 2.44. The third-order valence-corrected chi connectivity index (χ3v) is 5.74. The molecule has 1 saturated heterocycles. The van der Waals surface area contributed by atoms with Gasteiger partial charge in [-0.3, -0.25) is 4.79 Å². The molecule has 1 aliphatic carbocycles. The van der Waals surface area contributed by atoms with Gasteiger partial charge in [0.1, 0.15) is 0 Å². The lowest BCUT2D eigenvalue weighted by molar-refractivity contribution is -0.0209. The molecule has 25 heavy (non-hydrogen) atoms. The average molecular weight is 350 g/mol. The summed E-state index contributed by atoms with van der Waals surface area (Å²) in [7, 11) is 7.34. The quantitative estimate of drug-likeness (QED) is 0.835. The number of nitrogens with zero attached hydrogens (tertiary/aromatic N) is 2. The van der Waals surface area contributed by atoms with Gasteiger partial charge in [0.05, 0.1) is 13.2 Å². The summed E-state index contributed by atoms with van der Waals surface area (Å²) in [4.78, 5) is 17.0. The zero-order valence-corrected chi connectivity index (χ0v) is 15.4. The van der Waals surface area contributed by atoms with Crippen LogP contribution in [0.15, 0.2) is 18.2 Å². The minimum absolute atomic E-state index is 0.0527. The van der Waals surface area contributed by atoms with Crippen LogP contribution >= 0.6 is 0 Å². The van der Waals surface area contributed by atoms with Crippen LogP contribution in [0.4, 0.5) is 4.39 Å². The van der Waals surface area contributed by atoms with Gasteiger partial charge in [0.15, 0.2) is 11.6 Å². The normalized spacial score (nSPS) is 29.0. The maximum Gasteiger partial charge on any atom is 0.254 e. The summed E-state index contributed by atoms with van der Waals surface area (Å²) in [5.41, 5.74) is 0.476. The van der Waals surface area contributed by atoms with Crippen LogP contribution in [-0.4, -0.2) is 69.3 Å². The van der Waals surface area contributed by atoms with E-state index in [-0.39, 0.29) is 17.8 Å². The number of benzene rings is 1. The maximum atomic E-state index is 13.6. The number of likely N-dealkylation sites (N-methyl/N-ethyl adjacent to an activating group) is 1. The molecule has 1 saturated carbocycles. The Morgan fingerprint density at radius 1 is 1.20 bits per heavy atom. The molecule has 4 atom stereocenters. The van der Waals surface area contributed by atoms with Crippen LogP contribution in [0.1, 0.15) is 23.2 Å². The van der Waals surface area contributed by atoms with E-state index in [1.165, 1.54) is 25.3 Å². The van der Waals surface area contributed by atoms with Gasteiger partial charge in [0, 0.05) is 31.8 Å². The van der Waals surface area contributed by atoms with Gasteiger partial charge in [-0.05, 0) is 57.0 Å². The number of halogens is 1. The second-order valence-electron chi connectivity index (χ2n) is 7.36. The Morgan fingerprint density at radius 2 is 1.88 bits per heavy atom. The largest absolute Gasteiger partial charge is 0.494 e. The molecule has 2 fully saturated rings. The van der Waals surface area contributed by atoms with Crippen molar-refractivity contribution < 1.29 is 18.7 Å². The molecule has 0 radical (unpaired) electrons. The molecule has 1 aromatic carbocycles. The zero-order chi connectivity index (χ0) is 18.1. The highest BCUT2D eigenvalue weighted by Crippen LogP contribution is 2.39. The first kappa shape index (κ1) is 18.1. The molecule has 138 valence electrons. The van der Waals surface area contributed by atoms with Crippen LogP contribution < -0.4 is 4.74 Å². The van der Waals surface area contributed by atoms with Gasteiger partial charge in [-0.25, -0.2) is 4.39 Å². The van der Waals surface area contributed by atoms with E-state index >= 15 is 0 Å². The van der Waals surface area contributed by atoms with E-state index in [2.05, 4.69) is 19.0 Å². The van der Waals surface area contributed by atoms with E-state index in [0.29, 0.717) is 23.4 Å². The monoisotopic (exact) mass is 350 g/mol. The standard InChI is InChI=1S/C19H27FN2O3/c1-21(2)16-7-13-10-22(11-14(13)9-18(16)25-4)19(23)12-5-6-15(20)17(8-12)24-3/h5-6,8,13-14,16,18H,7,9-11H2,1-4H3/t13-,14+,16-,18-/m1/s1. The highest BCUT2D eigenvalue weighted by atomic mass is 19.1. The van der Waals surface area contributed by atoms with Crippen LogP contribution in [0.5, 0.6) is 5.75 Å². The lowest BCUT2D eigenvalue weighted by Crippen LogP contribution is -2.47. The van der Waals surface area contributed by atoms with Gasteiger partial charge in [-0.2, -0.15) is 0 Å². The molecule has 1 amide bonds. The molecule has 0 spiro atoms. The van der Waals surface area contributed by atoms with Crippen molar-refractivity contribution in [2.24, 2.45) is 11.8 Å². The Balaban J connectivity index is 1.73. The van der Waals surface area contributed by atoms with Crippen molar-refractivity contribution in [2.45, 2.75) is 25.0 Å². The van der Waals surface area contributed by atoms with E-state index in [9.17, 15) is 9.18 Å². The minimum atomic E-state index is -0.453. The van der Waals surface area contributed by atoms with Crippen LogP contribution in [0.2, 0.25) is 0 Å². The fraction of sp³-hybridized carbons (Fsp3) is 0.632. The summed E-state index contributed by atoms with van der Waals surface area (Å²) in [6.45, 7) is 1.49. The summed E-state index contributed by atoms with van der Waals surface area (Å²) in [5, 5.41) is 0. The van der Waals surface area contributed by atoms with Gasteiger partial charge >= 0.3 is 0 Å². The lowest BCUT2D eigenvalue weighted by Gasteiger charge is -2.40. The van der Waals surface area contributed by atoms with Crippen LogP contribution in [0, 0.1) is 17.7 Å². The van der Waals surface area contributed by atoms with E-state index in [0.717, 1.165) is 25.9 Å². The van der Waals surface area contributed by atoms with E-state index in [1.807, 2.05) is 4.90 Å². The molecule has 1 aliphatic heterocycles. The van der Waals surface area contributed by atoms with Crippen molar-refractivity contribution >= 4 is 5.91 Å². The third-order valence-electron chi connectivity index (χ3n) is 5.74. The minimum Gasteiger partial charge on any atom is -0.494 e. The summed E-state index contributed by atoms with van der Waals surface area (Å²) in [6, 6.07) is 4.69. The molecule has 5 nitrogen and oxygen atoms in total. The van der Waals surface area contributed by atoms with Crippen molar-refractivity contribution in [1.82, 2.24) is 9.80 Å². The lowest BCUT2D eigenvalue weighted by atomic mass is 9.77. The van der Waals surface area contributed by atoms with Gasteiger partial charge in [0.25, 0.3) is 5.91 Å². The molecule has 1 heterocycles. The van der Waals surface area contributed by atoms with Gasteiger partial charge in [-0.1, -0.05) is 0 Å². The average Bonchev–Trinajstić information content (AvgIpc) is 3.03. The fourth-order valence-corrected chi connectivity index (χ4v) is 4.33. The van der Waals surface area contributed by atoms with Crippen LogP contribution in [-0.2, 0) is 4.74 Å². The molecular formula is C19H27FN2O3. The Hall–Kier alpha value is -1.66. The summed E-state index contributed by atoms with van der Waals surface area (Å²) < 4.78 is 24.3. The number of likely N-dealkylation sites (tertiary alicyclic amines) is 1. The molecule has 0 N–H and O–H groups in total. The van der Waals surface area contributed by atoms with Crippen molar-refractivity contribution in [3.63, 3.8) is 0 Å². The molecule has 0 aromatic heterocycles. The number of rotatable bonds is 4. The predicted octanol–water partition coefficient (Wildman–Crippen LogP) is 2.26. The highest BCUT2D eigenvalue weighted by molar-refractivity contribution is 5.94. The summed E-state index contributed by atoms with van der Waals surface area (Å²) in [6.07, 6.45) is 2.21. The number of methoxy groups -OCH3 is 2. The van der Waals surface area contributed by atoms with Crippen molar-refractivity contribution in [3.8, 4) is 5.75 Å². The Labute approximate surface area is 148 Å². The van der Waals surface area contributed by atoms with Gasteiger partial charge < -0.3 is 19.3 Å². The van der Waals surface area contributed by atoms with Gasteiger partial charge in [0.2, 0.25) is 0 Å². The molecule has 0 bridgehead atoms. The molecule has 0 unspecified atom stereocenters. The van der Waals surface area contributed by atoms with Crippen LogP contribution in [0.3, 0.4) is 0 Å². The molecule has 3 rings (SSSR count). The van der Waals surface area contributed by atoms with E-state index in [1.54, 1.807) is 7.11 Å². The molecule has 6 heteroatoms. The number of carbonyl (C=O) groups is 1. The number of hydrogen-bond acceptors (Lipinski definition) is 4. The van der Waals surface area contributed by atoms with Crippen molar-refractivity contribution in [2.75, 3.05) is 41.4 Å².